The van der Waals surface area contributed by atoms with E-state index in [0.29, 0.717) is 36.3 Å². The molecule has 1 saturated heterocycles. The minimum atomic E-state index is -4.97. The van der Waals surface area contributed by atoms with Gasteiger partial charge in [0.1, 0.15) is 0 Å². The number of hydrogen-bond acceptors (Lipinski definition) is 2. The molecule has 2 N–H and O–H groups in total. The molecule has 1 aromatic rings. The van der Waals surface area contributed by atoms with Gasteiger partial charge in [0.2, 0.25) is 0 Å². The van der Waals surface area contributed by atoms with Crippen LogP contribution in [0.15, 0.2) is 29.8 Å². The van der Waals surface area contributed by atoms with Crippen LogP contribution in [0, 0.1) is 17.3 Å². The number of allylic oxidation sites excluding steroid dienone is 1. The zero-order chi connectivity index (χ0) is 24.9. The molecule has 2 bridgehead atoms. The second kappa shape index (κ2) is 8.77. The largest absolute Gasteiger partial charge is 0.416 e. The topological polar surface area (TPSA) is 44.4 Å². The number of alkyl halides is 6. The van der Waals surface area contributed by atoms with Gasteiger partial charge >= 0.3 is 18.4 Å². The lowest BCUT2D eigenvalue weighted by Crippen LogP contribution is -2.51. The van der Waals surface area contributed by atoms with Crippen LogP contribution in [0.25, 0.3) is 0 Å². The third-order valence-corrected chi connectivity index (χ3v) is 7.76. The lowest BCUT2D eigenvalue weighted by molar-refractivity contribution is -0.143. The zero-order valence-electron chi connectivity index (χ0n) is 19.1. The standard InChI is InChI=1S/C24H29F6N3O/c1-22(2)15-4-3-14(20(22)12-15)13-33-7-5-18(6-8-33)31-21(34)32-19-10-16(23(25,26)27)9-17(11-19)24(28,29)30/h3,9-11,15,18,20H,4-8,12-13H2,1-2H3,(H2,31,32,34)/t15-,20?/m0/s1. The summed E-state index contributed by atoms with van der Waals surface area (Å²) in [6.45, 7) is 7.09. The molecule has 10 heteroatoms. The number of fused-ring (bicyclic) bond motifs is 1. The number of halogens is 6. The van der Waals surface area contributed by atoms with Crippen LogP contribution in [0.4, 0.5) is 36.8 Å². The van der Waals surface area contributed by atoms with Gasteiger partial charge in [-0.15, -0.1) is 0 Å². The van der Waals surface area contributed by atoms with E-state index >= 15 is 0 Å². The fourth-order valence-corrected chi connectivity index (χ4v) is 5.53. The highest BCUT2D eigenvalue weighted by molar-refractivity contribution is 5.89. The summed E-state index contributed by atoms with van der Waals surface area (Å²) < 4.78 is 78.1. The van der Waals surface area contributed by atoms with E-state index in [0.717, 1.165) is 32.0 Å². The molecule has 2 fully saturated rings. The van der Waals surface area contributed by atoms with Gasteiger partial charge in [0.25, 0.3) is 0 Å². The van der Waals surface area contributed by atoms with E-state index in [1.807, 2.05) is 0 Å². The summed E-state index contributed by atoms with van der Waals surface area (Å²) in [4.78, 5) is 14.7. The molecule has 188 valence electrons. The Bertz CT molecular complexity index is 928. The lowest BCUT2D eigenvalue weighted by atomic mass is 9.49. The van der Waals surface area contributed by atoms with Crippen molar-refractivity contribution < 1.29 is 31.1 Å². The van der Waals surface area contributed by atoms with Crippen molar-refractivity contribution in [2.75, 3.05) is 25.0 Å². The number of nitrogens with one attached hydrogen (secondary N) is 2. The third kappa shape index (κ3) is 5.21. The van der Waals surface area contributed by atoms with Crippen molar-refractivity contribution in [3.05, 3.63) is 41.0 Å². The van der Waals surface area contributed by atoms with Crippen LogP contribution >= 0.6 is 0 Å². The highest BCUT2D eigenvalue weighted by Gasteiger charge is 2.51. The number of benzene rings is 1. The van der Waals surface area contributed by atoms with Gasteiger partial charge in [0.15, 0.2) is 0 Å². The van der Waals surface area contributed by atoms with Gasteiger partial charge in [0, 0.05) is 31.4 Å². The predicted octanol–water partition coefficient (Wildman–Crippen LogP) is 6.30. The van der Waals surface area contributed by atoms with Crippen LogP contribution in [-0.2, 0) is 12.4 Å². The molecule has 34 heavy (non-hydrogen) atoms. The number of rotatable bonds is 4. The first kappa shape index (κ1) is 24.9. The van der Waals surface area contributed by atoms with Gasteiger partial charge in [-0.3, -0.25) is 4.90 Å². The summed E-state index contributed by atoms with van der Waals surface area (Å²) in [5.74, 6) is 1.40. The van der Waals surface area contributed by atoms with E-state index in [1.165, 1.54) is 12.0 Å². The van der Waals surface area contributed by atoms with Gasteiger partial charge in [0.05, 0.1) is 11.1 Å². The SMILES string of the molecule is CC1(C)C2C[C@@H]1CC=C2CN1CCC(NC(=O)Nc2cc(C(F)(F)F)cc(C(F)(F)F)c2)CC1. The van der Waals surface area contributed by atoms with Crippen molar-refractivity contribution >= 4 is 11.7 Å². The Morgan fingerprint density at radius 2 is 1.62 bits per heavy atom. The number of carbonyl (C=O) groups is 1. The Balaban J connectivity index is 1.30. The molecule has 4 aliphatic rings. The van der Waals surface area contributed by atoms with E-state index in [-0.39, 0.29) is 12.1 Å². The maximum atomic E-state index is 13.0. The third-order valence-electron chi connectivity index (χ3n) is 7.76. The van der Waals surface area contributed by atoms with Gasteiger partial charge < -0.3 is 10.6 Å². The van der Waals surface area contributed by atoms with Crippen molar-refractivity contribution in [1.29, 1.82) is 0 Å². The molecule has 0 radical (unpaired) electrons. The molecule has 5 rings (SSSR count). The predicted molar refractivity (Wildman–Crippen MR) is 116 cm³/mol. The molecule has 2 amide bonds. The molecular formula is C24H29F6N3O. The first-order valence-corrected chi connectivity index (χ1v) is 11.5. The van der Waals surface area contributed by atoms with Crippen LogP contribution < -0.4 is 10.6 Å². The molecule has 4 nitrogen and oxygen atoms in total. The molecule has 3 aliphatic carbocycles. The first-order chi connectivity index (χ1) is 15.7. The Morgan fingerprint density at radius 3 is 2.12 bits per heavy atom. The minimum Gasteiger partial charge on any atom is -0.335 e. The molecular weight excluding hydrogens is 460 g/mol. The fraction of sp³-hybridized carbons (Fsp3) is 0.625. The van der Waals surface area contributed by atoms with Crippen LogP contribution in [0.3, 0.4) is 0 Å². The summed E-state index contributed by atoms with van der Waals surface area (Å²) >= 11 is 0. The van der Waals surface area contributed by atoms with Crippen LogP contribution in [0.2, 0.25) is 0 Å². The van der Waals surface area contributed by atoms with Crippen molar-refractivity contribution in [3.63, 3.8) is 0 Å². The number of carbonyl (C=O) groups excluding carboxylic acids is 1. The van der Waals surface area contributed by atoms with E-state index in [1.54, 1.807) is 0 Å². The number of urea groups is 1. The van der Waals surface area contributed by atoms with Crippen molar-refractivity contribution in [2.24, 2.45) is 17.3 Å². The molecule has 0 aromatic heterocycles. The van der Waals surface area contributed by atoms with E-state index in [2.05, 4.69) is 35.5 Å². The lowest BCUT2D eigenvalue weighted by Gasteiger charge is -2.57. The Morgan fingerprint density at radius 1 is 1.03 bits per heavy atom. The second-order valence-electron chi connectivity index (χ2n) is 10.3. The summed E-state index contributed by atoms with van der Waals surface area (Å²) in [6.07, 6.45) is -3.87. The normalized spacial score (nSPS) is 25.4. The Hall–Kier alpha value is -2.23. The van der Waals surface area contributed by atoms with E-state index in [4.69, 9.17) is 0 Å². The summed E-state index contributed by atoms with van der Waals surface area (Å²) in [5, 5.41) is 4.82. The molecule has 1 aliphatic heterocycles. The van der Waals surface area contributed by atoms with Crippen molar-refractivity contribution in [2.45, 2.75) is 57.9 Å². The van der Waals surface area contributed by atoms with Gasteiger partial charge in [-0.25, -0.2) is 4.79 Å². The maximum absolute atomic E-state index is 13.0. The summed E-state index contributed by atoms with van der Waals surface area (Å²) in [5.41, 5.74) is -1.64. The quantitative estimate of drug-likeness (QED) is 0.385. The van der Waals surface area contributed by atoms with Crippen molar-refractivity contribution in [3.8, 4) is 0 Å². The van der Waals surface area contributed by atoms with Crippen LogP contribution in [0.5, 0.6) is 0 Å². The number of likely N-dealkylation sites (tertiary alicyclic amines) is 1. The second-order valence-corrected chi connectivity index (χ2v) is 10.3. The van der Waals surface area contributed by atoms with Crippen LogP contribution in [0.1, 0.15) is 50.7 Å². The van der Waals surface area contributed by atoms with Gasteiger partial charge in [-0.2, -0.15) is 26.3 Å². The number of nitrogens with zero attached hydrogens (tertiary/aromatic N) is 1. The summed E-state index contributed by atoms with van der Waals surface area (Å²) in [7, 11) is 0. The van der Waals surface area contributed by atoms with Crippen molar-refractivity contribution in [1.82, 2.24) is 10.2 Å². The van der Waals surface area contributed by atoms with E-state index < -0.39 is 35.2 Å². The molecule has 1 aromatic carbocycles. The zero-order valence-corrected chi connectivity index (χ0v) is 19.1. The molecule has 1 saturated carbocycles. The fourth-order valence-electron chi connectivity index (χ4n) is 5.53. The average molecular weight is 490 g/mol. The highest BCUT2D eigenvalue weighted by atomic mass is 19.4. The highest BCUT2D eigenvalue weighted by Crippen LogP contribution is 2.59. The number of amides is 2. The molecule has 0 spiro atoms. The summed E-state index contributed by atoms with van der Waals surface area (Å²) in [6, 6.07) is 0.0202. The Labute approximate surface area is 194 Å². The van der Waals surface area contributed by atoms with E-state index in [9.17, 15) is 31.1 Å². The average Bonchev–Trinajstić information content (AvgIpc) is 2.73. The smallest absolute Gasteiger partial charge is 0.335 e. The number of piperidine rings is 1. The first-order valence-electron chi connectivity index (χ1n) is 11.5. The molecule has 2 atom stereocenters. The number of anilines is 1. The number of hydrogen-bond donors (Lipinski definition) is 2. The molecule has 1 unspecified atom stereocenters. The van der Waals surface area contributed by atoms with Crippen LogP contribution in [-0.4, -0.2) is 36.6 Å². The monoisotopic (exact) mass is 489 g/mol. The maximum Gasteiger partial charge on any atom is 0.416 e. The minimum absolute atomic E-state index is 0.0332. The Kier molecular flexibility index (Phi) is 6.42. The van der Waals surface area contributed by atoms with Gasteiger partial charge in [-0.05, 0) is 61.1 Å². The molecule has 1 heterocycles. The van der Waals surface area contributed by atoms with Gasteiger partial charge in [-0.1, -0.05) is 25.5 Å².